The van der Waals surface area contributed by atoms with Gasteiger partial charge in [-0.3, -0.25) is 14.6 Å². The fourth-order valence-corrected chi connectivity index (χ4v) is 2.87. The average Bonchev–Trinajstić information content (AvgIpc) is 2.68. The Labute approximate surface area is 151 Å². The van der Waals surface area contributed by atoms with Crippen molar-refractivity contribution in [1.29, 1.82) is 5.26 Å². The van der Waals surface area contributed by atoms with Crippen LogP contribution in [0.4, 0.5) is 0 Å². The Morgan fingerprint density at radius 1 is 1.23 bits per heavy atom. The number of ether oxygens (including phenoxy) is 1. The number of aromatic nitrogens is 1. The normalized spacial score (nSPS) is 16.6. The lowest BCUT2D eigenvalue weighted by atomic mass is 10.1. The Hall–Kier alpha value is -3.40. The standard InChI is InChI=1S/C19H18N4O3/c20-10-13-3-6-15(7-4-13)26-16-2-1-9-23(12-16)19(25)14-5-8-17(18(21)24)22-11-14/h3-8,11,16H,1-2,9,12H2,(H2,21,24). The summed E-state index contributed by atoms with van der Waals surface area (Å²) in [5.41, 5.74) is 6.27. The average molecular weight is 350 g/mol. The number of primary amides is 1. The third-order valence-corrected chi connectivity index (χ3v) is 4.21. The molecule has 1 aliphatic heterocycles. The highest BCUT2D eigenvalue weighted by Gasteiger charge is 2.26. The molecule has 26 heavy (non-hydrogen) atoms. The molecule has 1 aromatic heterocycles. The fourth-order valence-electron chi connectivity index (χ4n) is 2.87. The molecule has 0 spiro atoms. The van der Waals surface area contributed by atoms with E-state index in [1.807, 2.05) is 0 Å². The monoisotopic (exact) mass is 350 g/mol. The molecule has 1 unspecified atom stereocenters. The Balaban J connectivity index is 1.64. The predicted molar refractivity (Wildman–Crippen MR) is 93.5 cm³/mol. The number of pyridine rings is 1. The van der Waals surface area contributed by atoms with E-state index >= 15 is 0 Å². The van der Waals surface area contributed by atoms with E-state index in [-0.39, 0.29) is 17.7 Å². The molecule has 1 aromatic carbocycles. The maximum atomic E-state index is 12.6. The van der Waals surface area contributed by atoms with Gasteiger partial charge in [0.25, 0.3) is 11.8 Å². The first-order valence-electron chi connectivity index (χ1n) is 8.29. The molecular formula is C19H18N4O3. The van der Waals surface area contributed by atoms with Gasteiger partial charge >= 0.3 is 0 Å². The van der Waals surface area contributed by atoms with Crippen molar-refractivity contribution >= 4 is 11.8 Å². The van der Waals surface area contributed by atoms with Gasteiger partial charge in [-0.2, -0.15) is 5.26 Å². The minimum Gasteiger partial charge on any atom is -0.489 e. The van der Waals surface area contributed by atoms with Gasteiger partial charge in [0.05, 0.1) is 23.7 Å². The highest BCUT2D eigenvalue weighted by Crippen LogP contribution is 2.20. The minimum atomic E-state index is -0.627. The molecule has 7 heteroatoms. The topological polar surface area (TPSA) is 109 Å². The van der Waals surface area contributed by atoms with Crippen LogP contribution in [0.3, 0.4) is 0 Å². The van der Waals surface area contributed by atoms with Crippen LogP contribution in [0, 0.1) is 11.3 Å². The Kier molecular flexibility index (Phi) is 5.13. The van der Waals surface area contributed by atoms with Crippen LogP contribution in [-0.2, 0) is 0 Å². The van der Waals surface area contributed by atoms with Crippen LogP contribution in [0.25, 0.3) is 0 Å². The number of benzene rings is 1. The number of nitrogens with two attached hydrogens (primary N) is 1. The number of amides is 2. The fraction of sp³-hybridized carbons (Fsp3) is 0.263. The summed E-state index contributed by atoms with van der Waals surface area (Å²) in [6.07, 6.45) is 2.94. The summed E-state index contributed by atoms with van der Waals surface area (Å²) in [6.45, 7) is 1.11. The lowest BCUT2D eigenvalue weighted by Gasteiger charge is -2.33. The molecule has 1 saturated heterocycles. The molecule has 1 fully saturated rings. The van der Waals surface area contributed by atoms with Gasteiger partial charge < -0.3 is 15.4 Å². The van der Waals surface area contributed by atoms with Crippen LogP contribution >= 0.6 is 0 Å². The Morgan fingerprint density at radius 2 is 2.00 bits per heavy atom. The smallest absolute Gasteiger partial charge is 0.267 e. The lowest BCUT2D eigenvalue weighted by molar-refractivity contribution is 0.0537. The van der Waals surface area contributed by atoms with Gasteiger partial charge in [0.1, 0.15) is 17.5 Å². The highest BCUT2D eigenvalue weighted by atomic mass is 16.5. The van der Waals surface area contributed by atoms with Gasteiger partial charge in [-0.05, 0) is 49.2 Å². The number of hydrogen-bond acceptors (Lipinski definition) is 5. The molecule has 132 valence electrons. The first kappa shape index (κ1) is 17.4. The minimum absolute atomic E-state index is 0.113. The zero-order chi connectivity index (χ0) is 18.5. The van der Waals surface area contributed by atoms with E-state index in [2.05, 4.69) is 11.1 Å². The summed E-state index contributed by atoms with van der Waals surface area (Å²) in [6, 6.07) is 12.0. The first-order chi connectivity index (χ1) is 12.6. The molecule has 2 heterocycles. The molecule has 0 bridgehead atoms. The summed E-state index contributed by atoms with van der Waals surface area (Å²) < 4.78 is 5.94. The van der Waals surface area contributed by atoms with E-state index in [9.17, 15) is 9.59 Å². The van der Waals surface area contributed by atoms with E-state index < -0.39 is 5.91 Å². The van der Waals surface area contributed by atoms with Gasteiger partial charge in [0.2, 0.25) is 0 Å². The van der Waals surface area contributed by atoms with Gasteiger partial charge in [-0.1, -0.05) is 0 Å². The largest absolute Gasteiger partial charge is 0.489 e. The second kappa shape index (κ2) is 7.66. The lowest BCUT2D eigenvalue weighted by Crippen LogP contribution is -2.44. The number of nitrogens with zero attached hydrogens (tertiary/aromatic N) is 3. The van der Waals surface area contributed by atoms with Gasteiger partial charge in [-0.25, -0.2) is 0 Å². The Morgan fingerprint density at radius 3 is 2.62 bits per heavy atom. The molecule has 2 amide bonds. The second-order valence-electron chi connectivity index (χ2n) is 6.07. The zero-order valence-electron chi connectivity index (χ0n) is 14.1. The summed E-state index contributed by atoms with van der Waals surface area (Å²) in [5.74, 6) is -0.102. The first-order valence-corrected chi connectivity index (χ1v) is 8.29. The van der Waals surface area contributed by atoms with Crippen molar-refractivity contribution in [3.8, 4) is 11.8 Å². The van der Waals surface area contributed by atoms with Crippen LogP contribution in [0.1, 0.15) is 39.3 Å². The molecule has 3 rings (SSSR count). The van der Waals surface area contributed by atoms with Crippen molar-refractivity contribution < 1.29 is 14.3 Å². The van der Waals surface area contributed by atoms with Crippen molar-refractivity contribution in [3.63, 3.8) is 0 Å². The van der Waals surface area contributed by atoms with Crippen molar-refractivity contribution in [2.45, 2.75) is 18.9 Å². The number of carbonyl (C=O) groups is 2. The maximum Gasteiger partial charge on any atom is 0.267 e. The van der Waals surface area contributed by atoms with Gasteiger partial charge in [0.15, 0.2) is 0 Å². The number of carbonyl (C=O) groups excluding carboxylic acids is 2. The second-order valence-corrected chi connectivity index (χ2v) is 6.07. The summed E-state index contributed by atoms with van der Waals surface area (Å²) in [4.78, 5) is 29.3. The maximum absolute atomic E-state index is 12.6. The number of piperidine rings is 1. The molecule has 7 nitrogen and oxygen atoms in total. The van der Waals surface area contributed by atoms with Crippen molar-refractivity contribution in [2.75, 3.05) is 13.1 Å². The quantitative estimate of drug-likeness (QED) is 0.903. The number of nitriles is 1. The van der Waals surface area contributed by atoms with E-state index in [1.165, 1.54) is 12.3 Å². The van der Waals surface area contributed by atoms with Crippen LogP contribution in [0.2, 0.25) is 0 Å². The van der Waals surface area contributed by atoms with Crippen molar-refractivity contribution in [3.05, 3.63) is 59.4 Å². The van der Waals surface area contributed by atoms with E-state index in [1.54, 1.807) is 35.2 Å². The Bertz CT molecular complexity index is 841. The molecule has 0 radical (unpaired) electrons. The molecule has 0 saturated carbocycles. The SMILES string of the molecule is N#Cc1ccc(OC2CCCN(C(=O)c3ccc(C(N)=O)nc3)C2)cc1. The van der Waals surface area contributed by atoms with Crippen LogP contribution in [0.5, 0.6) is 5.75 Å². The molecule has 1 aliphatic rings. The predicted octanol–water partition coefficient (Wildman–Crippen LogP) is 1.74. The van der Waals surface area contributed by atoms with Crippen LogP contribution < -0.4 is 10.5 Å². The summed E-state index contributed by atoms with van der Waals surface area (Å²) >= 11 is 0. The van der Waals surface area contributed by atoms with E-state index in [0.717, 1.165) is 12.8 Å². The van der Waals surface area contributed by atoms with Gasteiger partial charge in [-0.15, -0.1) is 0 Å². The third kappa shape index (κ3) is 3.98. The number of rotatable bonds is 4. The molecule has 2 N–H and O–H groups in total. The molecular weight excluding hydrogens is 332 g/mol. The summed E-state index contributed by atoms with van der Waals surface area (Å²) in [7, 11) is 0. The van der Waals surface area contributed by atoms with E-state index in [4.69, 9.17) is 15.7 Å². The van der Waals surface area contributed by atoms with Crippen molar-refractivity contribution in [1.82, 2.24) is 9.88 Å². The third-order valence-electron chi connectivity index (χ3n) is 4.21. The van der Waals surface area contributed by atoms with Gasteiger partial charge in [0, 0.05) is 12.7 Å². The highest BCUT2D eigenvalue weighted by molar-refractivity contribution is 5.95. The van der Waals surface area contributed by atoms with Crippen molar-refractivity contribution in [2.24, 2.45) is 5.73 Å². The molecule has 1 atom stereocenters. The number of likely N-dealkylation sites (tertiary alicyclic amines) is 1. The summed E-state index contributed by atoms with van der Waals surface area (Å²) in [5, 5.41) is 8.84. The van der Waals surface area contributed by atoms with Crippen LogP contribution in [0.15, 0.2) is 42.6 Å². The molecule has 0 aliphatic carbocycles. The zero-order valence-corrected chi connectivity index (χ0v) is 14.1. The van der Waals surface area contributed by atoms with E-state index in [0.29, 0.717) is 30.0 Å². The van der Waals surface area contributed by atoms with Crippen LogP contribution in [-0.4, -0.2) is 40.9 Å². The number of hydrogen-bond donors (Lipinski definition) is 1. The molecule has 2 aromatic rings.